The van der Waals surface area contributed by atoms with Crippen molar-refractivity contribution in [3.05, 3.63) is 105 Å². The number of aromatic nitrogens is 1. The molecule has 0 saturated carbocycles. The highest BCUT2D eigenvalue weighted by molar-refractivity contribution is 5.64. The first-order valence-corrected chi connectivity index (χ1v) is 10.3. The lowest BCUT2D eigenvalue weighted by atomic mass is 9.68. The third-order valence-electron chi connectivity index (χ3n) is 7.76. The molecule has 1 spiro atoms. The zero-order valence-electron chi connectivity index (χ0n) is 15.2. The fraction of sp³-hybridized carbons (Fsp3) is 0.280. The van der Waals surface area contributed by atoms with Gasteiger partial charge in [-0.2, -0.15) is 0 Å². The Bertz CT molecular complexity index is 1210. The van der Waals surface area contributed by atoms with Crippen LogP contribution in [0.4, 0.5) is 0 Å². The van der Waals surface area contributed by atoms with Crippen LogP contribution in [-0.2, 0) is 31.3 Å². The van der Waals surface area contributed by atoms with Gasteiger partial charge in [0.2, 0.25) is 0 Å². The normalized spacial score (nSPS) is 27.2. The number of allylic oxidation sites excluding steroid dienone is 1. The summed E-state index contributed by atoms with van der Waals surface area (Å²) in [7, 11) is 0. The third kappa shape index (κ3) is 1.26. The van der Waals surface area contributed by atoms with Gasteiger partial charge in [0.25, 0.3) is 0 Å². The molecule has 2 atom stereocenters. The van der Waals surface area contributed by atoms with Crippen LogP contribution < -0.4 is 0 Å². The van der Waals surface area contributed by atoms with E-state index in [1.807, 2.05) is 0 Å². The third-order valence-corrected chi connectivity index (χ3v) is 7.76. The minimum absolute atomic E-state index is 0.133. The second-order valence-electron chi connectivity index (χ2n) is 8.92. The summed E-state index contributed by atoms with van der Waals surface area (Å²) in [4.78, 5) is 2.84. The van der Waals surface area contributed by atoms with E-state index in [9.17, 15) is 0 Å². The molecule has 0 radical (unpaired) electrons. The van der Waals surface area contributed by atoms with Gasteiger partial charge in [-0.05, 0) is 47.2 Å². The van der Waals surface area contributed by atoms with Crippen molar-refractivity contribution in [2.45, 2.75) is 43.8 Å². The quantitative estimate of drug-likeness (QED) is 0.593. The number of hydrogen-bond acceptors (Lipinski definition) is 1. The fourth-order valence-corrected chi connectivity index (χ4v) is 7.08. The predicted molar refractivity (Wildman–Crippen MR) is 105 cm³/mol. The summed E-state index contributed by atoms with van der Waals surface area (Å²) >= 11 is 0. The van der Waals surface area contributed by atoms with Crippen LogP contribution in [0, 0.1) is 0 Å². The van der Waals surface area contributed by atoms with Crippen molar-refractivity contribution in [3.8, 4) is 0 Å². The van der Waals surface area contributed by atoms with E-state index in [4.69, 9.17) is 0 Å². The highest BCUT2D eigenvalue weighted by Crippen LogP contribution is 2.59. The van der Waals surface area contributed by atoms with Crippen LogP contribution in [0.5, 0.6) is 0 Å². The summed E-state index contributed by atoms with van der Waals surface area (Å²) in [6.45, 7) is 0. The van der Waals surface area contributed by atoms with Gasteiger partial charge in [-0.15, -0.1) is 0 Å². The largest absolute Gasteiger partial charge is 0.341 e. The number of nitrogens with zero attached hydrogens (tertiary/aromatic N) is 2. The molecular formula is C25H20N2. The van der Waals surface area contributed by atoms with Gasteiger partial charge in [0.15, 0.2) is 5.66 Å². The van der Waals surface area contributed by atoms with E-state index < -0.39 is 0 Å². The van der Waals surface area contributed by atoms with Crippen molar-refractivity contribution in [2.75, 3.05) is 0 Å². The summed E-state index contributed by atoms with van der Waals surface area (Å²) in [6, 6.07) is 19.5. The van der Waals surface area contributed by atoms with Crippen molar-refractivity contribution >= 4 is 0 Å². The lowest BCUT2D eigenvalue weighted by Crippen LogP contribution is -2.63. The Hall–Kier alpha value is -2.74. The van der Waals surface area contributed by atoms with Crippen molar-refractivity contribution < 1.29 is 0 Å². The van der Waals surface area contributed by atoms with E-state index in [1.54, 1.807) is 39.1 Å². The average molecular weight is 348 g/mol. The maximum Gasteiger partial charge on any atom is 0.171 e. The smallest absolute Gasteiger partial charge is 0.171 e. The maximum absolute atomic E-state index is 2.84. The Morgan fingerprint density at radius 1 is 0.741 bits per heavy atom. The van der Waals surface area contributed by atoms with E-state index in [0.29, 0.717) is 6.04 Å². The summed E-state index contributed by atoms with van der Waals surface area (Å²) in [5, 5.41) is 0. The summed E-state index contributed by atoms with van der Waals surface area (Å²) in [6.07, 6.45) is 8.15. The molecule has 27 heavy (non-hydrogen) atoms. The Kier molecular flexibility index (Phi) is 2.02. The van der Waals surface area contributed by atoms with Crippen LogP contribution in [0.1, 0.15) is 51.2 Å². The molecule has 1 unspecified atom stereocenters. The fourth-order valence-electron chi connectivity index (χ4n) is 7.08. The van der Waals surface area contributed by atoms with Crippen LogP contribution in [0.25, 0.3) is 0 Å². The van der Waals surface area contributed by atoms with E-state index in [2.05, 4.69) is 64.1 Å². The molecule has 0 N–H and O–H groups in total. The Morgan fingerprint density at radius 2 is 1.37 bits per heavy atom. The molecule has 2 heteroatoms. The van der Waals surface area contributed by atoms with E-state index in [-0.39, 0.29) is 5.66 Å². The first-order valence-electron chi connectivity index (χ1n) is 10.3. The van der Waals surface area contributed by atoms with Gasteiger partial charge in [0.05, 0.1) is 0 Å². The van der Waals surface area contributed by atoms with Crippen LogP contribution in [-0.4, -0.2) is 15.5 Å². The molecule has 2 aromatic carbocycles. The number of benzene rings is 2. The highest BCUT2D eigenvalue weighted by atomic mass is 15.4. The van der Waals surface area contributed by atoms with E-state index in [0.717, 1.165) is 19.3 Å². The van der Waals surface area contributed by atoms with Crippen molar-refractivity contribution in [3.63, 3.8) is 0 Å². The van der Waals surface area contributed by atoms with Crippen LogP contribution in [0.3, 0.4) is 0 Å². The van der Waals surface area contributed by atoms with Crippen LogP contribution in [0.2, 0.25) is 0 Å². The number of rotatable bonds is 0. The molecule has 0 amide bonds. The minimum atomic E-state index is -0.133. The highest BCUT2D eigenvalue weighted by Gasteiger charge is 2.59. The second kappa shape index (κ2) is 4.06. The van der Waals surface area contributed by atoms with Crippen molar-refractivity contribution in [2.24, 2.45) is 0 Å². The standard InChI is InChI=1S/C25H20N2/c1-3-15-11-19-7-9-21-13-17-5-2-6-18-14-22-10-8-20-12-16(4-1)23(15)25(24(17)18,26(19)21)27(20)22/h1-9,22H,10-14H2/t22?,25-/m1/s1. The summed E-state index contributed by atoms with van der Waals surface area (Å²) in [5.41, 5.74) is 13.8. The van der Waals surface area contributed by atoms with Gasteiger partial charge in [-0.1, -0.05) is 42.5 Å². The van der Waals surface area contributed by atoms with Gasteiger partial charge in [0.1, 0.15) is 0 Å². The second-order valence-corrected chi connectivity index (χ2v) is 8.92. The molecule has 130 valence electrons. The van der Waals surface area contributed by atoms with Crippen LogP contribution in [0.15, 0.2) is 60.3 Å². The molecular weight excluding hydrogens is 328 g/mol. The first kappa shape index (κ1) is 13.4. The van der Waals surface area contributed by atoms with Gasteiger partial charge in [-0.25, -0.2) is 0 Å². The van der Waals surface area contributed by atoms with Crippen molar-refractivity contribution in [1.29, 1.82) is 0 Å². The molecule has 2 nitrogen and oxygen atoms in total. The topological polar surface area (TPSA) is 8.17 Å². The Morgan fingerprint density at radius 3 is 2.11 bits per heavy atom. The zero-order chi connectivity index (χ0) is 17.3. The molecule has 1 aromatic heterocycles. The van der Waals surface area contributed by atoms with Gasteiger partial charge in [0, 0.05) is 53.5 Å². The summed E-state index contributed by atoms with van der Waals surface area (Å²) in [5.74, 6) is 0. The molecule has 0 saturated heterocycles. The van der Waals surface area contributed by atoms with Crippen molar-refractivity contribution in [1.82, 2.24) is 9.47 Å². The van der Waals surface area contributed by atoms with Gasteiger partial charge in [-0.3, -0.25) is 0 Å². The van der Waals surface area contributed by atoms with Gasteiger partial charge < -0.3 is 9.47 Å². The lowest BCUT2D eigenvalue weighted by Gasteiger charge is -2.60. The summed E-state index contributed by atoms with van der Waals surface area (Å²) < 4.78 is 2.75. The molecule has 8 rings (SSSR count). The van der Waals surface area contributed by atoms with Crippen LogP contribution >= 0.6 is 0 Å². The molecule has 0 fully saturated rings. The molecule has 5 aliphatic rings. The SMILES string of the molecule is C1=C2Cc3cccc4c3[C@]35c6c(cccc6CC(C1)N23)Cc1ccc(n15)C4. The number of hydrogen-bond donors (Lipinski definition) is 0. The predicted octanol–water partition coefficient (Wildman–Crippen LogP) is 4.12. The molecule has 0 bridgehead atoms. The molecule has 6 heterocycles. The molecule has 0 aliphatic carbocycles. The molecule has 3 aromatic rings. The Balaban J connectivity index is 1.66. The van der Waals surface area contributed by atoms with E-state index in [1.165, 1.54) is 24.2 Å². The monoisotopic (exact) mass is 348 g/mol. The minimum Gasteiger partial charge on any atom is -0.341 e. The average Bonchev–Trinajstić information content (AvgIpc) is 3.28. The lowest BCUT2D eigenvalue weighted by molar-refractivity contribution is 0.0602. The maximum atomic E-state index is 2.84. The first-order chi connectivity index (χ1) is 13.4. The van der Waals surface area contributed by atoms with Gasteiger partial charge >= 0.3 is 0 Å². The molecule has 5 aliphatic heterocycles. The zero-order valence-corrected chi connectivity index (χ0v) is 15.2. The van der Waals surface area contributed by atoms with E-state index >= 15 is 0 Å². The Labute approximate surface area is 158 Å².